The topological polar surface area (TPSA) is 56.7 Å². The van der Waals surface area contributed by atoms with Crippen molar-refractivity contribution < 1.29 is 4.79 Å². The first-order valence-corrected chi connectivity index (χ1v) is 11.0. The molecule has 1 heterocycles. The van der Waals surface area contributed by atoms with Crippen molar-refractivity contribution in [3.8, 4) is 0 Å². The average molecular weight is 534 g/mol. The maximum absolute atomic E-state index is 12.6. The monoisotopic (exact) mass is 534 g/mol. The molecule has 0 aromatic heterocycles. The maximum atomic E-state index is 12.6. The van der Waals surface area contributed by atoms with E-state index in [4.69, 9.17) is 0 Å². The fourth-order valence-corrected chi connectivity index (χ4v) is 3.71. The Morgan fingerprint density at radius 2 is 1.65 bits per heavy atom. The number of aryl methyl sites for hydroxylation is 1. The first-order valence-electron chi connectivity index (χ1n) is 11.0. The van der Waals surface area contributed by atoms with Crippen LogP contribution >= 0.6 is 24.0 Å². The third-order valence-corrected chi connectivity index (χ3v) is 5.75. The van der Waals surface area contributed by atoms with Gasteiger partial charge in [-0.15, -0.1) is 24.0 Å². The van der Waals surface area contributed by atoms with Crippen LogP contribution in [0.15, 0.2) is 53.5 Å². The van der Waals surface area contributed by atoms with Gasteiger partial charge in [0.2, 0.25) is 0 Å². The zero-order valence-electron chi connectivity index (χ0n) is 18.9. The molecule has 0 aliphatic carbocycles. The zero-order chi connectivity index (χ0) is 21.3. The summed E-state index contributed by atoms with van der Waals surface area (Å²) in [6, 6.07) is 16.6. The molecule has 0 saturated carbocycles. The summed E-state index contributed by atoms with van der Waals surface area (Å²) in [4.78, 5) is 18.9. The van der Waals surface area contributed by atoms with Crippen LogP contribution in [-0.4, -0.2) is 43.4 Å². The number of piperidine rings is 1. The minimum atomic E-state index is 0. The van der Waals surface area contributed by atoms with E-state index in [0.29, 0.717) is 12.5 Å². The first-order chi connectivity index (χ1) is 14.6. The molecule has 5 nitrogen and oxygen atoms in total. The van der Waals surface area contributed by atoms with E-state index in [0.717, 1.165) is 49.6 Å². The summed E-state index contributed by atoms with van der Waals surface area (Å²) in [5, 5.41) is 6.76. The van der Waals surface area contributed by atoms with E-state index < -0.39 is 0 Å². The van der Waals surface area contributed by atoms with Gasteiger partial charge in [-0.25, -0.2) is 0 Å². The predicted molar refractivity (Wildman–Crippen MR) is 139 cm³/mol. The van der Waals surface area contributed by atoms with Crippen LogP contribution < -0.4 is 10.6 Å². The fraction of sp³-hybridized carbons (Fsp3) is 0.440. The number of amides is 1. The molecule has 2 N–H and O–H groups in total. The van der Waals surface area contributed by atoms with E-state index in [2.05, 4.69) is 53.7 Å². The van der Waals surface area contributed by atoms with E-state index in [1.165, 1.54) is 17.5 Å². The van der Waals surface area contributed by atoms with Crippen molar-refractivity contribution in [2.75, 3.05) is 26.7 Å². The highest BCUT2D eigenvalue weighted by Crippen LogP contribution is 2.15. The van der Waals surface area contributed by atoms with Gasteiger partial charge in [-0.3, -0.25) is 9.79 Å². The van der Waals surface area contributed by atoms with Gasteiger partial charge >= 0.3 is 0 Å². The maximum Gasteiger partial charge on any atom is 0.253 e. The van der Waals surface area contributed by atoms with Crippen molar-refractivity contribution in [2.24, 2.45) is 4.99 Å². The number of hydrogen-bond acceptors (Lipinski definition) is 2. The molecule has 0 bridgehead atoms. The minimum absolute atomic E-state index is 0. The van der Waals surface area contributed by atoms with Crippen molar-refractivity contribution in [2.45, 2.75) is 45.6 Å². The van der Waals surface area contributed by atoms with Crippen LogP contribution in [0.2, 0.25) is 0 Å². The molecular formula is C25H35IN4O. The number of hydrogen-bond donors (Lipinski definition) is 2. The number of rotatable bonds is 6. The van der Waals surface area contributed by atoms with Gasteiger partial charge in [0.25, 0.3) is 5.91 Å². The Bertz CT molecular complexity index is 843. The highest BCUT2D eigenvalue weighted by atomic mass is 127. The molecule has 2 aromatic rings. The van der Waals surface area contributed by atoms with Crippen molar-refractivity contribution in [1.82, 2.24) is 15.5 Å². The molecule has 1 aliphatic heterocycles. The zero-order valence-corrected chi connectivity index (χ0v) is 21.2. The predicted octanol–water partition coefficient (Wildman–Crippen LogP) is 4.71. The number of guanidine groups is 1. The van der Waals surface area contributed by atoms with Gasteiger partial charge in [0, 0.05) is 38.8 Å². The lowest BCUT2D eigenvalue weighted by molar-refractivity contribution is 0.0724. The molecule has 1 amide bonds. The molecule has 31 heavy (non-hydrogen) atoms. The summed E-state index contributed by atoms with van der Waals surface area (Å²) >= 11 is 0. The Hall–Kier alpha value is -2.09. The Morgan fingerprint density at radius 1 is 1.00 bits per heavy atom. The van der Waals surface area contributed by atoms with Crippen LogP contribution in [0.5, 0.6) is 0 Å². The van der Waals surface area contributed by atoms with Gasteiger partial charge in [-0.1, -0.05) is 48.9 Å². The summed E-state index contributed by atoms with van der Waals surface area (Å²) in [5.74, 6) is 1.32. The highest BCUT2D eigenvalue weighted by molar-refractivity contribution is 14.0. The number of nitrogens with zero attached hydrogens (tertiary/aromatic N) is 2. The lowest BCUT2D eigenvalue weighted by atomic mass is 10.0. The summed E-state index contributed by atoms with van der Waals surface area (Å²) in [6.07, 6.45) is 3.46. The van der Waals surface area contributed by atoms with E-state index in [1.54, 1.807) is 7.05 Å². The molecule has 1 saturated heterocycles. The van der Waals surface area contributed by atoms with E-state index in [9.17, 15) is 4.79 Å². The molecule has 0 radical (unpaired) electrons. The number of nitrogens with one attached hydrogen (secondary N) is 2. The summed E-state index contributed by atoms with van der Waals surface area (Å²) in [6.45, 7) is 7.55. The number of benzene rings is 2. The van der Waals surface area contributed by atoms with Crippen molar-refractivity contribution in [1.29, 1.82) is 0 Å². The molecular weight excluding hydrogens is 499 g/mol. The second kappa shape index (κ2) is 12.7. The van der Waals surface area contributed by atoms with Crippen molar-refractivity contribution >= 4 is 35.8 Å². The number of aliphatic imine (C=N–C) groups is 1. The highest BCUT2D eigenvalue weighted by Gasteiger charge is 2.17. The molecule has 0 spiro atoms. The third kappa shape index (κ3) is 7.52. The second-order valence-electron chi connectivity index (χ2n) is 8.17. The van der Waals surface area contributed by atoms with E-state index >= 15 is 0 Å². The van der Waals surface area contributed by atoms with Gasteiger partial charge in [0.15, 0.2) is 5.96 Å². The van der Waals surface area contributed by atoms with Gasteiger partial charge < -0.3 is 15.5 Å². The number of halogens is 1. The summed E-state index contributed by atoms with van der Waals surface area (Å²) in [5.41, 5.74) is 4.49. The second-order valence-corrected chi connectivity index (χ2v) is 8.17. The van der Waals surface area contributed by atoms with Crippen LogP contribution in [0.4, 0.5) is 0 Å². The van der Waals surface area contributed by atoms with E-state index in [-0.39, 0.29) is 29.9 Å². The molecule has 6 heteroatoms. The van der Waals surface area contributed by atoms with Crippen LogP contribution in [0.1, 0.15) is 59.2 Å². The smallest absolute Gasteiger partial charge is 0.253 e. The molecule has 168 valence electrons. The first kappa shape index (κ1) is 25.2. The Morgan fingerprint density at radius 3 is 2.26 bits per heavy atom. The minimum Gasteiger partial charge on any atom is -0.356 e. The molecule has 1 atom stereocenters. The molecule has 3 rings (SSSR count). The van der Waals surface area contributed by atoms with Gasteiger partial charge in [0.05, 0.1) is 0 Å². The lowest BCUT2D eigenvalue weighted by Crippen LogP contribution is -2.38. The standard InChI is InChI=1S/C25H34N4O.HI/c1-19-7-11-22(12-8-19)20(2)17-27-25(26-3)28-18-21-9-13-23(14-10-21)24(30)29-15-5-4-6-16-29;/h7-14,20H,4-6,15-18H2,1-3H3,(H2,26,27,28);1H. The van der Waals surface area contributed by atoms with Crippen molar-refractivity contribution in [3.63, 3.8) is 0 Å². The normalized spacial score (nSPS) is 15.1. The summed E-state index contributed by atoms with van der Waals surface area (Å²) in [7, 11) is 1.78. The van der Waals surface area contributed by atoms with Gasteiger partial charge in [0.1, 0.15) is 0 Å². The molecule has 2 aromatic carbocycles. The molecule has 1 aliphatic rings. The van der Waals surface area contributed by atoms with Crippen LogP contribution in [0.25, 0.3) is 0 Å². The fourth-order valence-electron chi connectivity index (χ4n) is 3.71. The third-order valence-electron chi connectivity index (χ3n) is 5.75. The molecule has 1 unspecified atom stereocenters. The van der Waals surface area contributed by atoms with Crippen LogP contribution in [0, 0.1) is 6.92 Å². The quantitative estimate of drug-likeness (QED) is 0.321. The van der Waals surface area contributed by atoms with Crippen LogP contribution in [0.3, 0.4) is 0 Å². The lowest BCUT2D eigenvalue weighted by Gasteiger charge is -2.26. The SMILES string of the molecule is CN=C(NCc1ccc(C(=O)N2CCCCC2)cc1)NCC(C)c1ccc(C)cc1.I. The number of carbonyl (C=O) groups is 1. The number of carbonyl (C=O) groups excluding carboxylic acids is 1. The van der Waals surface area contributed by atoms with E-state index in [1.807, 2.05) is 29.2 Å². The Kier molecular flexibility index (Phi) is 10.3. The largest absolute Gasteiger partial charge is 0.356 e. The average Bonchev–Trinajstić information content (AvgIpc) is 2.80. The van der Waals surface area contributed by atoms with Gasteiger partial charge in [-0.2, -0.15) is 0 Å². The Labute approximate surface area is 203 Å². The Balaban J connectivity index is 0.00000341. The summed E-state index contributed by atoms with van der Waals surface area (Å²) < 4.78 is 0. The van der Waals surface area contributed by atoms with Crippen molar-refractivity contribution in [3.05, 3.63) is 70.8 Å². The molecule has 1 fully saturated rings. The number of likely N-dealkylation sites (tertiary alicyclic amines) is 1. The van der Waals surface area contributed by atoms with Crippen LogP contribution in [-0.2, 0) is 6.54 Å². The van der Waals surface area contributed by atoms with Gasteiger partial charge in [-0.05, 0) is 55.4 Å².